The van der Waals surface area contributed by atoms with Gasteiger partial charge in [0.1, 0.15) is 11.6 Å². The van der Waals surface area contributed by atoms with Crippen molar-refractivity contribution in [3.63, 3.8) is 0 Å². The maximum Gasteiger partial charge on any atom is 0.218 e. The highest BCUT2D eigenvalue weighted by atomic mass is 16.5. The third-order valence-electron chi connectivity index (χ3n) is 3.66. The van der Waals surface area contributed by atoms with Gasteiger partial charge in [-0.1, -0.05) is 0 Å². The summed E-state index contributed by atoms with van der Waals surface area (Å²) in [7, 11) is 3.72. The molecule has 1 aromatic heterocycles. The molecule has 18 heavy (non-hydrogen) atoms. The third kappa shape index (κ3) is 2.90. The Hall–Kier alpha value is -1.36. The Morgan fingerprint density at radius 1 is 1.28 bits per heavy atom. The van der Waals surface area contributed by atoms with Crippen LogP contribution < -0.4 is 15.4 Å². The van der Waals surface area contributed by atoms with Gasteiger partial charge in [-0.05, 0) is 32.6 Å². The number of hydrogen-bond donors (Lipinski definition) is 1. The van der Waals surface area contributed by atoms with Gasteiger partial charge in [0, 0.05) is 25.2 Å². The molecule has 0 unspecified atom stereocenters. The number of methoxy groups -OCH3 is 1. The van der Waals surface area contributed by atoms with Crippen molar-refractivity contribution in [3.05, 3.63) is 11.9 Å². The molecule has 1 saturated carbocycles. The van der Waals surface area contributed by atoms with Crippen LogP contribution in [0.15, 0.2) is 6.07 Å². The second kappa shape index (κ2) is 5.52. The lowest BCUT2D eigenvalue weighted by Gasteiger charge is -2.34. The van der Waals surface area contributed by atoms with E-state index in [0.717, 1.165) is 37.3 Å². The van der Waals surface area contributed by atoms with Crippen LogP contribution in [0, 0.1) is 6.92 Å². The van der Waals surface area contributed by atoms with E-state index in [2.05, 4.69) is 21.9 Å². The van der Waals surface area contributed by atoms with E-state index in [4.69, 9.17) is 10.5 Å². The molecule has 100 valence electrons. The Bertz CT molecular complexity index is 402. The maximum atomic E-state index is 5.94. The van der Waals surface area contributed by atoms with E-state index in [1.165, 1.54) is 0 Å². The average Bonchev–Trinajstić information content (AvgIpc) is 2.38. The summed E-state index contributed by atoms with van der Waals surface area (Å²) in [4.78, 5) is 10.9. The molecular formula is C13H22N4O. The second-order valence-corrected chi connectivity index (χ2v) is 5.00. The lowest BCUT2D eigenvalue weighted by Crippen LogP contribution is -2.39. The highest BCUT2D eigenvalue weighted by Gasteiger charge is 2.23. The standard InChI is InChI=1S/C13H22N4O/c1-9-15-12(8-13(16-9)18-3)17(2)11-6-4-10(14)5-7-11/h8,10-11H,4-7,14H2,1-3H3. The molecule has 1 aliphatic carbocycles. The first kappa shape index (κ1) is 13.1. The van der Waals surface area contributed by atoms with E-state index in [1.54, 1.807) is 7.11 Å². The van der Waals surface area contributed by atoms with Crippen LogP contribution in [-0.4, -0.2) is 36.2 Å². The quantitative estimate of drug-likeness (QED) is 0.880. The maximum absolute atomic E-state index is 5.94. The van der Waals surface area contributed by atoms with E-state index in [1.807, 2.05) is 13.0 Å². The summed E-state index contributed by atoms with van der Waals surface area (Å²) in [5.74, 6) is 2.29. The van der Waals surface area contributed by atoms with Crippen molar-refractivity contribution in [2.75, 3.05) is 19.1 Å². The van der Waals surface area contributed by atoms with Gasteiger partial charge in [0.25, 0.3) is 0 Å². The molecule has 1 aromatic rings. The number of aryl methyl sites for hydroxylation is 1. The van der Waals surface area contributed by atoms with E-state index in [9.17, 15) is 0 Å². The third-order valence-corrected chi connectivity index (χ3v) is 3.66. The number of hydrogen-bond acceptors (Lipinski definition) is 5. The molecule has 0 aliphatic heterocycles. The lowest BCUT2D eigenvalue weighted by atomic mass is 9.91. The first-order chi connectivity index (χ1) is 8.60. The zero-order chi connectivity index (χ0) is 13.1. The van der Waals surface area contributed by atoms with Crippen molar-refractivity contribution in [1.29, 1.82) is 0 Å². The summed E-state index contributed by atoms with van der Waals surface area (Å²) in [6, 6.07) is 2.78. The summed E-state index contributed by atoms with van der Waals surface area (Å²) in [5, 5.41) is 0. The number of aromatic nitrogens is 2. The highest BCUT2D eigenvalue weighted by Crippen LogP contribution is 2.26. The van der Waals surface area contributed by atoms with E-state index in [-0.39, 0.29) is 0 Å². The van der Waals surface area contributed by atoms with Gasteiger partial charge in [0.2, 0.25) is 5.88 Å². The molecule has 2 N–H and O–H groups in total. The number of ether oxygens (including phenoxy) is 1. The predicted octanol–water partition coefficient (Wildman–Crippen LogP) is 1.50. The van der Waals surface area contributed by atoms with Gasteiger partial charge in [0.15, 0.2) is 0 Å². The molecule has 1 heterocycles. The molecule has 2 rings (SSSR count). The normalized spacial score (nSPS) is 23.8. The van der Waals surface area contributed by atoms with Crippen molar-refractivity contribution in [3.8, 4) is 5.88 Å². The molecule has 5 heteroatoms. The summed E-state index contributed by atoms with van der Waals surface area (Å²) in [6.07, 6.45) is 4.44. The molecule has 0 amide bonds. The van der Waals surface area contributed by atoms with Crippen molar-refractivity contribution in [2.45, 2.75) is 44.7 Å². The zero-order valence-corrected chi connectivity index (χ0v) is 11.4. The van der Waals surface area contributed by atoms with Gasteiger partial charge in [-0.2, -0.15) is 4.98 Å². The van der Waals surface area contributed by atoms with Gasteiger partial charge < -0.3 is 15.4 Å². The van der Waals surface area contributed by atoms with Crippen molar-refractivity contribution in [1.82, 2.24) is 9.97 Å². The molecule has 1 aliphatic rings. The van der Waals surface area contributed by atoms with Crippen LogP contribution in [0.25, 0.3) is 0 Å². The Balaban J connectivity index is 2.12. The minimum absolute atomic E-state index is 0.372. The van der Waals surface area contributed by atoms with Crippen LogP contribution in [0.2, 0.25) is 0 Å². The first-order valence-corrected chi connectivity index (χ1v) is 6.48. The molecular weight excluding hydrogens is 228 g/mol. The number of nitrogens with zero attached hydrogens (tertiary/aromatic N) is 3. The van der Waals surface area contributed by atoms with Crippen molar-refractivity contribution < 1.29 is 4.74 Å². The van der Waals surface area contributed by atoms with Crippen LogP contribution in [0.4, 0.5) is 5.82 Å². The van der Waals surface area contributed by atoms with Gasteiger partial charge in [-0.3, -0.25) is 0 Å². The van der Waals surface area contributed by atoms with Gasteiger partial charge >= 0.3 is 0 Å². The van der Waals surface area contributed by atoms with Gasteiger partial charge in [-0.15, -0.1) is 0 Å². The molecule has 0 bridgehead atoms. The molecule has 0 spiro atoms. The van der Waals surface area contributed by atoms with Gasteiger partial charge in [-0.25, -0.2) is 4.98 Å². The van der Waals surface area contributed by atoms with E-state index in [0.29, 0.717) is 18.0 Å². The van der Waals surface area contributed by atoms with Crippen molar-refractivity contribution in [2.24, 2.45) is 5.73 Å². The minimum atomic E-state index is 0.372. The number of rotatable bonds is 3. The Labute approximate surface area is 108 Å². The Morgan fingerprint density at radius 3 is 2.56 bits per heavy atom. The lowest BCUT2D eigenvalue weighted by molar-refractivity contribution is 0.380. The SMILES string of the molecule is COc1cc(N(C)C2CCC(N)CC2)nc(C)n1. The summed E-state index contributed by atoms with van der Waals surface area (Å²) in [6.45, 7) is 1.89. The fourth-order valence-electron chi connectivity index (χ4n) is 2.49. The van der Waals surface area contributed by atoms with Crippen LogP contribution in [0.1, 0.15) is 31.5 Å². The van der Waals surface area contributed by atoms with Crippen LogP contribution in [0.3, 0.4) is 0 Å². The second-order valence-electron chi connectivity index (χ2n) is 5.00. The largest absolute Gasteiger partial charge is 0.481 e. The van der Waals surface area contributed by atoms with Gasteiger partial charge in [0.05, 0.1) is 7.11 Å². The Kier molecular flexibility index (Phi) is 4.01. The Morgan fingerprint density at radius 2 is 1.94 bits per heavy atom. The number of nitrogens with two attached hydrogens (primary N) is 1. The summed E-state index contributed by atoms with van der Waals surface area (Å²) >= 11 is 0. The smallest absolute Gasteiger partial charge is 0.218 e. The molecule has 0 atom stereocenters. The predicted molar refractivity (Wildman–Crippen MR) is 72.0 cm³/mol. The average molecular weight is 250 g/mol. The van der Waals surface area contributed by atoms with Crippen LogP contribution >= 0.6 is 0 Å². The highest BCUT2D eigenvalue weighted by molar-refractivity contribution is 5.42. The first-order valence-electron chi connectivity index (χ1n) is 6.48. The molecule has 0 saturated heterocycles. The zero-order valence-electron chi connectivity index (χ0n) is 11.4. The summed E-state index contributed by atoms with van der Waals surface area (Å²) in [5.41, 5.74) is 5.94. The number of anilines is 1. The summed E-state index contributed by atoms with van der Waals surface area (Å²) < 4.78 is 5.19. The van der Waals surface area contributed by atoms with Crippen LogP contribution in [-0.2, 0) is 0 Å². The van der Waals surface area contributed by atoms with E-state index >= 15 is 0 Å². The minimum Gasteiger partial charge on any atom is -0.481 e. The van der Waals surface area contributed by atoms with Crippen molar-refractivity contribution >= 4 is 5.82 Å². The van der Waals surface area contributed by atoms with Crippen LogP contribution in [0.5, 0.6) is 5.88 Å². The fraction of sp³-hybridized carbons (Fsp3) is 0.692. The van der Waals surface area contributed by atoms with E-state index < -0.39 is 0 Å². The molecule has 0 aromatic carbocycles. The topological polar surface area (TPSA) is 64.3 Å². The monoisotopic (exact) mass is 250 g/mol. The molecule has 1 fully saturated rings. The molecule has 0 radical (unpaired) electrons. The fourth-order valence-corrected chi connectivity index (χ4v) is 2.49. The molecule has 5 nitrogen and oxygen atoms in total.